The summed E-state index contributed by atoms with van der Waals surface area (Å²) in [6.07, 6.45) is 0. The van der Waals surface area contributed by atoms with Crippen LogP contribution >= 0.6 is 15.9 Å². The smallest absolute Gasteiger partial charge is 0.0585 e. The second kappa shape index (κ2) is 4.86. The number of aliphatic hydroxyl groups is 1. The van der Waals surface area contributed by atoms with Gasteiger partial charge in [0.15, 0.2) is 0 Å². The summed E-state index contributed by atoms with van der Waals surface area (Å²) < 4.78 is 0.987. The van der Waals surface area contributed by atoms with Gasteiger partial charge in [0.1, 0.15) is 0 Å². The van der Waals surface area contributed by atoms with Gasteiger partial charge in [-0.25, -0.2) is 0 Å². The first-order valence-electron chi connectivity index (χ1n) is 4.84. The van der Waals surface area contributed by atoms with Gasteiger partial charge < -0.3 is 16.2 Å². The van der Waals surface area contributed by atoms with Crippen LogP contribution in [0, 0.1) is 5.41 Å². The van der Waals surface area contributed by atoms with Crippen molar-refractivity contribution >= 4 is 27.3 Å². The van der Waals surface area contributed by atoms with Crippen LogP contribution in [0.3, 0.4) is 0 Å². The van der Waals surface area contributed by atoms with Crippen LogP contribution in [-0.4, -0.2) is 18.3 Å². The Morgan fingerprint density at radius 1 is 1.47 bits per heavy atom. The van der Waals surface area contributed by atoms with Crippen LogP contribution in [0.2, 0.25) is 0 Å². The van der Waals surface area contributed by atoms with Crippen molar-refractivity contribution < 1.29 is 5.11 Å². The van der Waals surface area contributed by atoms with Crippen LogP contribution in [0.5, 0.6) is 0 Å². The van der Waals surface area contributed by atoms with Gasteiger partial charge in [-0.15, -0.1) is 0 Å². The van der Waals surface area contributed by atoms with Gasteiger partial charge in [-0.1, -0.05) is 29.8 Å². The lowest BCUT2D eigenvalue weighted by molar-refractivity contribution is 0.171. The van der Waals surface area contributed by atoms with E-state index in [0.29, 0.717) is 12.2 Å². The summed E-state index contributed by atoms with van der Waals surface area (Å²) in [5.74, 6) is 0. The summed E-state index contributed by atoms with van der Waals surface area (Å²) >= 11 is 3.39. The molecule has 0 spiro atoms. The highest BCUT2D eigenvalue weighted by atomic mass is 79.9. The van der Waals surface area contributed by atoms with Crippen LogP contribution in [-0.2, 0) is 0 Å². The number of benzene rings is 1. The number of hydrogen-bond acceptors (Lipinski definition) is 3. The van der Waals surface area contributed by atoms with Gasteiger partial charge in [0.2, 0.25) is 0 Å². The maximum atomic E-state index is 9.12. The molecule has 4 heteroatoms. The second-order valence-electron chi connectivity index (χ2n) is 4.41. The van der Waals surface area contributed by atoms with Crippen molar-refractivity contribution in [1.29, 1.82) is 0 Å². The zero-order chi connectivity index (χ0) is 11.5. The lowest BCUT2D eigenvalue weighted by Gasteiger charge is -2.23. The molecular formula is C11H17BrN2O. The van der Waals surface area contributed by atoms with Gasteiger partial charge >= 0.3 is 0 Å². The first kappa shape index (κ1) is 12.3. The van der Waals surface area contributed by atoms with Crippen LogP contribution in [0.25, 0.3) is 0 Å². The van der Waals surface area contributed by atoms with Crippen LogP contribution in [0.1, 0.15) is 13.8 Å². The molecule has 0 aliphatic heterocycles. The fraction of sp³-hybridized carbons (Fsp3) is 0.455. The van der Waals surface area contributed by atoms with Crippen molar-refractivity contribution in [1.82, 2.24) is 0 Å². The Hall–Kier alpha value is -0.740. The molecular weight excluding hydrogens is 256 g/mol. The number of nitrogen functional groups attached to an aromatic ring is 1. The number of hydrogen-bond donors (Lipinski definition) is 3. The summed E-state index contributed by atoms with van der Waals surface area (Å²) in [6.45, 7) is 4.82. The minimum absolute atomic E-state index is 0.144. The molecule has 0 aliphatic rings. The molecule has 1 aromatic rings. The number of aliphatic hydroxyl groups excluding tert-OH is 1. The summed E-state index contributed by atoms with van der Waals surface area (Å²) in [6, 6.07) is 5.68. The van der Waals surface area contributed by atoms with Crippen molar-refractivity contribution in [2.75, 3.05) is 24.2 Å². The highest BCUT2D eigenvalue weighted by Gasteiger charge is 2.16. The van der Waals surface area contributed by atoms with Crippen molar-refractivity contribution in [2.45, 2.75) is 13.8 Å². The summed E-state index contributed by atoms with van der Waals surface area (Å²) in [5, 5.41) is 12.3. The highest BCUT2D eigenvalue weighted by molar-refractivity contribution is 9.10. The first-order chi connectivity index (χ1) is 6.94. The summed E-state index contributed by atoms with van der Waals surface area (Å²) in [7, 11) is 0. The zero-order valence-corrected chi connectivity index (χ0v) is 10.6. The average Bonchev–Trinajstić information content (AvgIpc) is 2.20. The van der Waals surface area contributed by atoms with Crippen molar-refractivity contribution in [3.8, 4) is 0 Å². The Morgan fingerprint density at radius 2 is 2.13 bits per heavy atom. The summed E-state index contributed by atoms with van der Waals surface area (Å²) in [4.78, 5) is 0. The molecule has 0 aromatic heterocycles. The second-order valence-corrected chi connectivity index (χ2v) is 5.32. The van der Waals surface area contributed by atoms with Crippen molar-refractivity contribution in [3.63, 3.8) is 0 Å². The number of rotatable bonds is 4. The van der Waals surface area contributed by atoms with Gasteiger partial charge in [-0.2, -0.15) is 0 Å². The third-order valence-corrected chi connectivity index (χ3v) is 2.69. The standard InChI is InChI=1S/C11H17BrN2O/c1-11(2,7-15)6-14-10-5-8(12)3-4-9(10)13/h3-5,14-15H,6-7,13H2,1-2H3. The van der Waals surface area contributed by atoms with Crippen molar-refractivity contribution in [2.24, 2.45) is 5.41 Å². The predicted octanol–water partition coefficient (Wildman–Crippen LogP) is 2.46. The molecule has 0 heterocycles. The number of halogens is 1. The molecule has 0 bridgehead atoms. The summed E-state index contributed by atoms with van der Waals surface area (Å²) in [5.41, 5.74) is 7.28. The third-order valence-electron chi connectivity index (χ3n) is 2.20. The molecule has 0 saturated carbocycles. The molecule has 1 rings (SSSR count). The largest absolute Gasteiger partial charge is 0.397 e. The van der Waals surface area contributed by atoms with Gasteiger partial charge in [0, 0.05) is 23.0 Å². The van der Waals surface area contributed by atoms with E-state index >= 15 is 0 Å². The lowest BCUT2D eigenvalue weighted by atomic mass is 9.95. The lowest BCUT2D eigenvalue weighted by Crippen LogP contribution is -2.27. The Kier molecular flexibility index (Phi) is 3.99. The van der Waals surface area contributed by atoms with E-state index in [1.807, 2.05) is 32.0 Å². The molecule has 0 aliphatic carbocycles. The number of anilines is 2. The number of nitrogens with one attached hydrogen (secondary N) is 1. The topological polar surface area (TPSA) is 58.3 Å². The third kappa shape index (κ3) is 3.72. The molecule has 0 saturated heterocycles. The molecule has 1 aromatic carbocycles. The molecule has 0 atom stereocenters. The van der Waals surface area contributed by atoms with Gasteiger partial charge in [-0.3, -0.25) is 0 Å². The molecule has 0 unspecified atom stereocenters. The molecule has 4 N–H and O–H groups in total. The Bertz CT molecular complexity index is 339. The quantitative estimate of drug-likeness (QED) is 0.738. The predicted molar refractivity (Wildman–Crippen MR) is 67.9 cm³/mol. The first-order valence-corrected chi connectivity index (χ1v) is 5.64. The Morgan fingerprint density at radius 3 is 2.73 bits per heavy atom. The number of nitrogens with two attached hydrogens (primary N) is 1. The maximum Gasteiger partial charge on any atom is 0.0585 e. The zero-order valence-electron chi connectivity index (χ0n) is 9.05. The molecule has 0 fully saturated rings. The highest BCUT2D eigenvalue weighted by Crippen LogP contribution is 2.24. The molecule has 0 radical (unpaired) electrons. The van der Waals surface area contributed by atoms with E-state index in [4.69, 9.17) is 10.8 Å². The van der Waals surface area contributed by atoms with Gasteiger partial charge in [0.25, 0.3) is 0 Å². The van der Waals surface area contributed by atoms with Gasteiger partial charge in [-0.05, 0) is 18.2 Å². The Labute approximate surface area is 98.8 Å². The van der Waals surface area contributed by atoms with Crippen LogP contribution in [0.15, 0.2) is 22.7 Å². The minimum Gasteiger partial charge on any atom is -0.397 e. The fourth-order valence-electron chi connectivity index (χ4n) is 1.07. The molecule has 84 valence electrons. The maximum absolute atomic E-state index is 9.12. The van der Waals surface area contributed by atoms with Crippen molar-refractivity contribution in [3.05, 3.63) is 22.7 Å². The van der Waals surface area contributed by atoms with Crippen LogP contribution < -0.4 is 11.1 Å². The minimum atomic E-state index is -0.144. The molecule has 0 amide bonds. The van der Waals surface area contributed by atoms with E-state index < -0.39 is 0 Å². The van der Waals surface area contributed by atoms with E-state index in [-0.39, 0.29) is 12.0 Å². The van der Waals surface area contributed by atoms with Crippen LogP contribution in [0.4, 0.5) is 11.4 Å². The normalized spacial score (nSPS) is 11.5. The van der Waals surface area contributed by atoms with E-state index in [9.17, 15) is 0 Å². The fourth-order valence-corrected chi connectivity index (χ4v) is 1.43. The average molecular weight is 273 g/mol. The monoisotopic (exact) mass is 272 g/mol. The van der Waals surface area contributed by atoms with Gasteiger partial charge in [0.05, 0.1) is 11.4 Å². The van der Waals surface area contributed by atoms with E-state index in [1.54, 1.807) is 0 Å². The SMILES string of the molecule is CC(C)(CO)CNc1cc(Br)ccc1N. The van der Waals surface area contributed by atoms with E-state index in [2.05, 4.69) is 21.2 Å². The van der Waals surface area contributed by atoms with E-state index in [0.717, 1.165) is 10.2 Å². The van der Waals surface area contributed by atoms with E-state index in [1.165, 1.54) is 0 Å². The molecule has 15 heavy (non-hydrogen) atoms. The molecule has 3 nitrogen and oxygen atoms in total. The Balaban J connectivity index is 2.69.